The number of aryl methyl sites for hydroxylation is 4. The Morgan fingerprint density at radius 3 is 1.17 bits per heavy atom. The lowest BCUT2D eigenvalue weighted by molar-refractivity contribution is 0.789. The minimum Gasteiger partial charge on any atom is -0.260 e. The average molecular weight is 549 g/mol. The summed E-state index contributed by atoms with van der Waals surface area (Å²) in [6.07, 6.45) is 5.17. The standard InChI is InChI=1S/C36H32N6/c1-25-11-7-17-31(39-25)35(29-15-3-5-23-37-29)33-19-9-13-27(41-33)21-22-28-14-10-20-34(42-28)36(30-16-4-6-24-38-30)32-18-8-12-26(2)40-32/h3-20,23-24,35-36H,21-22H2,1-2H3. The van der Waals surface area contributed by atoms with Crippen LogP contribution in [0, 0.1) is 13.8 Å². The minimum atomic E-state index is -0.145. The zero-order valence-corrected chi connectivity index (χ0v) is 23.8. The van der Waals surface area contributed by atoms with Crippen molar-refractivity contribution in [2.24, 2.45) is 0 Å². The lowest BCUT2D eigenvalue weighted by Crippen LogP contribution is -2.12. The summed E-state index contributed by atoms with van der Waals surface area (Å²) < 4.78 is 0. The molecule has 0 saturated heterocycles. The summed E-state index contributed by atoms with van der Waals surface area (Å²) >= 11 is 0. The van der Waals surface area contributed by atoms with Gasteiger partial charge in [-0.1, -0.05) is 36.4 Å². The lowest BCUT2D eigenvalue weighted by atomic mass is 9.94. The molecule has 6 nitrogen and oxygen atoms in total. The third-order valence-electron chi connectivity index (χ3n) is 7.26. The van der Waals surface area contributed by atoms with Gasteiger partial charge in [0.05, 0.1) is 46.0 Å². The molecule has 6 rings (SSSR count). The second-order valence-corrected chi connectivity index (χ2v) is 10.4. The molecule has 0 amide bonds. The third kappa shape index (κ3) is 6.28. The Hall–Kier alpha value is -5.10. The SMILES string of the molecule is Cc1cccc(C(c2ccccn2)c2cccc(CCc3cccc(C(c4ccccn4)c4cccc(C)n4)n3)n2)n1. The van der Waals surface area contributed by atoms with Gasteiger partial charge in [0.1, 0.15) is 0 Å². The van der Waals surface area contributed by atoms with E-state index in [0.29, 0.717) is 0 Å². The Balaban J connectivity index is 1.28. The predicted molar refractivity (Wildman–Crippen MR) is 164 cm³/mol. The van der Waals surface area contributed by atoms with Crippen LogP contribution in [0.5, 0.6) is 0 Å². The third-order valence-corrected chi connectivity index (χ3v) is 7.26. The van der Waals surface area contributed by atoms with E-state index in [9.17, 15) is 0 Å². The molecule has 0 aliphatic heterocycles. The molecule has 2 unspecified atom stereocenters. The van der Waals surface area contributed by atoms with E-state index in [0.717, 1.165) is 69.8 Å². The van der Waals surface area contributed by atoms with E-state index in [1.54, 1.807) is 0 Å². The zero-order chi connectivity index (χ0) is 28.7. The molecule has 0 bridgehead atoms. The highest BCUT2D eigenvalue weighted by Gasteiger charge is 2.23. The van der Waals surface area contributed by atoms with Crippen LogP contribution in [-0.4, -0.2) is 29.9 Å². The summed E-state index contributed by atoms with van der Waals surface area (Å²) in [5.74, 6) is -0.290. The number of aromatic nitrogens is 6. The lowest BCUT2D eigenvalue weighted by Gasteiger charge is -2.18. The first-order valence-electron chi connectivity index (χ1n) is 14.2. The first-order chi connectivity index (χ1) is 20.6. The zero-order valence-electron chi connectivity index (χ0n) is 23.8. The molecular formula is C36H32N6. The van der Waals surface area contributed by atoms with Crippen molar-refractivity contribution in [1.82, 2.24) is 29.9 Å². The summed E-state index contributed by atoms with van der Waals surface area (Å²) in [7, 11) is 0. The van der Waals surface area contributed by atoms with Gasteiger partial charge in [0.2, 0.25) is 0 Å². The van der Waals surface area contributed by atoms with Gasteiger partial charge < -0.3 is 0 Å². The molecule has 0 N–H and O–H groups in total. The normalized spacial score (nSPS) is 12.5. The molecule has 6 heterocycles. The summed E-state index contributed by atoms with van der Waals surface area (Å²) in [4.78, 5) is 29.2. The van der Waals surface area contributed by atoms with Crippen molar-refractivity contribution in [1.29, 1.82) is 0 Å². The smallest absolute Gasteiger partial charge is 0.0858 e. The van der Waals surface area contributed by atoms with Crippen LogP contribution in [0.1, 0.15) is 68.8 Å². The van der Waals surface area contributed by atoms with Crippen molar-refractivity contribution < 1.29 is 0 Å². The molecule has 42 heavy (non-hydrogen) atoms. The highest BCUT2D eigenvalue weighted by molar-refractivity contribution is 5.36. The van der Waals surface area contributed by atoms with E-state index in [4.69, 9.17) is 19.9 Å². The van der Waals surface area contributed by atoms with Crippen molar-refractivity contribution in [3.8, 4) is 0 Å². The maximum absolute atomic E-state index is 5.11. The Labute approximate surface area is 246 Å². The predicted octanol–water partition coefficient (Wildman–Crippen LogP) is 6.82. The molecule has 6 aromatic heterocycles. The molecule has 0 saturated carbocycles. The van der Waals surface area contributed by atoms with Gasteiger partial charge in [-0.05, 0) is 99.5 Å². The van der Waals surface area contributed by atoms with Gasteiger partial charge in [-0.3, -0.25) is 29.9 Å². The summed E-state index contributed by atoms with van der Waals surface area (Å²) in [5.41, 5.74) is 9.58. The number of nitrogens with zero attached hydrogens (tertiary/aromatic N) is 6. The van der Waals surface area contributed by atoms with Crippen LogP contribution in [0.2, 0.25) is 0 Å². The molecule has 0 spiro atoms. The van der Waals surface area contributed by atoms with Crippen molar-refractivity contribution in [3.63, 3.8) is 0 Å². The number of hydrogen-bond acceptors (Lipinski definition) is 6. The van der Waals surface area contributed by atoms with Gasteiger partial charge in [0.25, 0.3) is 0 Å². The van der Waals surface area contributed by atoms with E-state index >= 15 is 0 Å². The fraction of sp³-hybridized carbons (Fsp3) is 0.167. The largest absolute Gasteiger partial charge is 0.260 e. The van der Waals surface area contributed by atoms with E-state index < -0.39 is 0 Å². The molecule has 6 heteroatoms. The van der Waals surface area contributed by atoms with Gasteiger partial charge in [-0.2, -0.15) is 0 Å². The minimum absolute atomic E-state index is 0.145. The Kier molecular flexibility index (Phi) is 8.13. The highest BCUT2D eigenvalue weighted by atomic mass is 14.8. The number of rotatable bonds is 9. The molecule has 0 aromatic carbocycles. The summed E-state index contributed by atoms with van der Waals surface area (Å²) in [6, 6.07) is 36.6. The number of hydrogen-bond donors (Lipinski definition) is 0. The maximum Gasteiger partial charge on any atom is 0.0858 e. The Morgan fingerprint density at radius 2 is 0.786 bits per heavy atom. The fourth-order valence-corrected chi connectivity index (χ4v) is 5.30. The van der Waals surface area contributed by atoms with Crippen LogP contribution < -0.4 is 0 Å². The second-order valence-electron chi connectivity index (χ2n) is 10.4. The molecule has 6 aromatic rings. The highest BCUT2D eigenvalue weighted by Crippen LogP contribution is 2.30. The van der Waals surface area contributed by atoms with Gasteiger partial charge in [-0.15, -0.1) is 0 Å². The molecule has 0 fully saturated rings. The van der Waals surface area contributed by atoms with Crippen LogP contribution in [-0.2, 0) is 12.8 Å². The monoisotopic (exact) mass is 548 g/mol. The van der Waals surface area contributed by atoms with Crippen LogP contribution in [0.15, 0.2) is 122 Å². The van der Waals surface area contributed by atoms with Crippen LogP contribution in [0.25, 0.3) is 0 Å². The van der Waals surface area contributed by atoms with Crippen molar-refractivity contribution in [2.75, 3.05) is 0 Å². The molecule has 0 radical (unpaired) electrons. The first kappa shape index (κ1) is 27.1. The Bertz CT molecular complexity index is 1640. The van der Waals surface area contributed by atoms with Crippen molar-refractivity contribution in [3.05, 3.63) is 179 Å². The van der Waals surface area contributed by atoms with Gasteiger partial charge in [-0.25, -0.2) is 0 Å². The topological polar surface area (TPSA) is 77.3 Å². The average Bonchev–Trinajstić information content (AvgIpc) is 3.02. The van der Waals surface area contributed by atoms with E-state index in [1.165, 1.54) is 0 Å². The Morgan fingerprint density at radius 1 is 0.405 bits per heavy atom. The van der Waals surface area contributed by atoms with Gasteiger partial charge in [0.15, 0.2) is 0 Å². The maximum atomic E-state index is 5.11. The van der Waals surface area contributed by atoms with Gasteiger partial charge >= 0.3 is 0 Å². The molecule has 206 valence electrons. The van der Waals surface area contributed by atoms with Crippen molar-refractivity contribution >= 4 is 0 Å². The first-order valence-corrected chi connectivity index (χ1v) is 14.2. The second kappa shape index (κ2) is 12.6. The summed E-state index contributed by atoms with van der Waals surface area (Å²) in [5, 5.41) is 0. The fourth-order valence-electron chi connectivity index (χ4n) is 5.30. The molecule has 0 aliphatic carbocycles. The van der Waals surface area contributed by atoms with Crippen LogP contribution >= 0.6 is 0 Å². The van der Waals surface area contributed by atoms with Crippen molar-refractivity contribution in [2.45, 2.75) is 38.5 Å². The van der Waals surface area contributed by atoms with Crippen LogP contribution in [0.3, 0.4) is 0 Å². The van der Waals surface area contributed by atoms with E-state index in [1.807, 2.05) is 86.9 Å². The van der Waals surface area contributed by atoms with Gasteiger partial charge in [0, 0.05) is 35.2 Å². The van der Waals surface area contributed by atoms with Crippen LogP contribution in [0.4, 0.5) is 0 Å². The molecular weight excluding hydrogens is 516 g/mol. The molecule has 0 aliphatic rings. The summed E-state index contributed by atoms with van der Waals surface area (Å²) in [6.45, 7) is 4.02. The van der Waals surface area contributed by atoms with E-state index in [2.05, 4.69) is 58.5 Å². The number of pyridine rings is 6. The molecule has 2 atom stereocenters. The van der Waals surface area contributed by atoms with E-state index in [-0.39, 0.29) is 11.8 Å². The quantitative estimate of drug-likeness (QED) is 0.197.